The van der Waals surface area contributed by atoms with Crippen LogP contribution in [-0.4, -0.2) is 22.8 Å². The molecule has 1 atom stereocenters. The molecule has 0 radical (unpaired) electrons. The molecule has 1 aliphatic rings. The van der Waals surface area contributed by atoms with Gasteiger partial charge in [0.25, 0.3) is 11.6 Å². The van der Waals surface area contributed by atoms with Gasteiger partial charge in [-0.15, -0.1) is 0 Å². The van der Waals surface area contributed by atoms with Gasteiger partial charge >= 0.3 is 0 Å². The summed E-state index contributed by atoms with van der Waals surface area (Å²) in [6, 6.07) is 9.96. The van der Waals surface area contributed by atoms with Crippen LogP contribution in [0.1, 0.15) is 12.0 Å². The van der Waals surface area contributed by atoms with E-state index in [1.807, 2.05) is 0 Å². The number of benzene rings is 2. The summed E-state index contributed by atoms with van der Waals surface area (Å²) in [5.41, 5.74) is 1.56. The lowest BCUT2D eigenvalue weighted by Crippen LogP contribution is -2.34. The molecule has 25 heavy (non-hydrogen) atoms. The average molecular weight is 360 g/mol. The van der Waals surface area contributed by atoms with Crippen LogP contribution in [-0.2, 0) is 9.59 Å². The van der Waals surface area contributed by atoms with Gasteiger partial charge < -0.3 is 5.32 Å². The summed E-state index contributed by atoms with van der Waals surface area (Å²) < 4.78 is 0. The molecular weight excluding hydrogens is 346 g/mol. The van der Waals surface area contributed by atoms with E-state index in [1.165, 1.54) is 12.1 Å². The minimum absolute atomic E-state index is 0.0242. The van der Waals surface area contributed by atoms with E-state index in [0.717, 1.165) is 10.5 Å². The lowest BCUT2D eigenvalue weighted by Gasteiger charge is -2.17. The number of hydrogen-bond donors (Lipinski definition) is 1. The number of halogens is 1. The van der Waals surface area contributed by atoms with Crippen molar-refractivity contribution >= 4 is 40.5 Å². The molecule has 0 spiro atoms. The number of nitro benzene ring substituents is 1. The number of nitrogens with one attached hydrogen (secondary N) is 1. The summed E-state index contributed by atoms with van der Waals surface area (Å²) >= 11 is 5.83. The molecule has 1 N–H and O–H groups in total. The molecule has 2 amide bonds. The Bertz CT molecular complexity index is 867. The van der Waals surface area contributed by atoms with Crippen LogP contribution in [0.3, 0.4) is 0 Å². The number of nitrogens with zero attached hydrogens (tertiary/aromatic N) is 2. The minimum atomic E-state index is -0.774. The topological polar surface area (TPSA) is 92.6 Å². The quantitative estimate of drug-likeness (QED) is 0.513. The number of rotatable bonds is 4. The van der Waals surface area contributed by atoms with Gasteiger partial charge in [-0.1, -0.05) is 17.7 Å². The molecule has 0 aliphatic carbocycles. The molecule has 1 fully saturated rings. The van der Waals surface area contributed by atoms with E-state index in [2.05, 4.69) is 5.32 Å². The number of carbonyl (C=O) groups is 2. The number of nitro groups is 1. The summed E-state index contributed by atoms with van der Waals surface area (Å²) in [5.74, 6) is -0.744. The Morgan fingerprint density at radius 1 is 1.20 bits per heavy atom. The van der Waals surface area contributed by atoms with E-state index in [9.17, 15) is 19.7 Å². The first-order valence-corrected chi connectivity index (χ1v) is 7.88. The normalized spacial score (nSPS) is 17.0. The fraction of sp³-hybridized carbons (Fsp3) is 0.176. The van der Waals surface area contributed by atoms with Crippen LogP contribution in [0.15, 0.2) is 42.5 Å². The van der Waals surface area contributed by atoms with Gasteiger partial charge in [-0.05, 0) is 36.8 Å². The Morgan fingerprint density at radius 3 is 2.52 bits per heavy atom. The van der Waals surface area contributed by atoms with Gasteiger partial charge in [-0.3, -0.25) is 19.7 Å². The molecule has 2 aromatic carbocycles. The highest BCUT2D eigenvalue weighted by Crippen LogP contribution is 2.28. The van der Waals surface area contributed by atoms with Crippen molar-refractivity contribution in [3.63, 3.8) is 0 Å². The molecule has 1 aliphatic heterocycles. The molecule has 0 saturated carbocycles. The fourth-order valence-corrected chi connectivity index (χ4v) is 2.80. The molecule has 1 saturated heterocycles. The highest BCUT2D eigenvalue weighted by molar-refractivity contribution is 6.30. The Kier molecular flexibility index (Phi) is 4.41. The maximum atomic E-state index is 12.6. The summed E-state index contributed by atoms with van der Waals surface area (Å²) in [5, 5.41) is 14.4. The maximum absolute atomic E-state index is 12.6. The minimum Gasteiger partial charge on any atom is -0.373 e. The lowest BCUT2D eigenvalue weighted by molar-refractivity contribution is -0.384. The Hall–Kier alpha value is -2.93. The number of non-ortho nitro benzene ring substituents is 1. The second-order valence-electron chi connectivity index (χ2n) is 5.70. The molecule has 128 valence electrons. The van der Waals surface area contributed by atoms with Crippen molar-refractivity contribution in [3.8, 4) is 0 Å². The van der Waals surface area contributed by atoms with Gasteiger partial charge in [0.05, 0.1) is 17.0 Å². The first-order chi connectivity index (χ1) is 11.9. The van der Waals surface area contributed by atoms with Crippen LogP contribution >= 0.6 is 11.6 Å². The number of carbonyl (C=O) groups excluding carboxylic acids is 2. The fourth-order valence-electron chi connectivity index (χ4n) is 2.67. The van der Waals surface area contributed by atoms with Crippen molar-refractivity contribution in [3.05, 3.63) is 63.2 Å². The number of amides is 2. The predicted octanol–water partition coefficient (Wildman–Crippen LogP) is 3.30. The zero-order valence-electron chi connectivity index (χ0n) is 13.2. The summed E-state index contributed by atoms with van der Waals surface area (Å²) in [6.07, 6.45) is -0.0242. The van der Waals surface area contributed by atoms with E-state index in [1.54, 1.807) is 37.3 Å². The van der Waals surface area contributed by atoms with Gasteiger partial charge in [0.15, 0.2) is 0 Å². The first kappa shape index (κ1) is 16.9. The zero-order chi connectivity index (χ0) is 18.1. The summed E-state index contributed by atoms with van der Waals surface area (Å²) in [4.78, 5) is 36.4. The molecule has 1 heterocycles. The summed E-state index contributed by atoms with van der Waals surface area (Å²) in [6.45, 7) is 1.77. The van der Waals surface area contributed by atoms with Gasteiger partial charge in [0, 0.05) is 22.8 Å². The molecule has 0 aromatic heterocycles. The zero-order valence-corrected chi connectivity index (χ0v) is 14.0. The van der Waals surface area contributed by atoms with Crippen molar-refractivity contribution < 1.29 is 14.5 Å². The number of anilines is 2. The van der Waals surface area contributed by atoms with Crippen LogP contribution in [0.2, 0.25) is 5.02 Å². The van der Waals surface area contributed by atoms with Crippen LogP contribution in [0.25, 0.3) is 0 Å². The molecule has 8 heteroatoms. The molecule has 2 aromatic rings. The highest BCUT2D eigenvalue weighted by Gasteiger charge is 2.39. The molecule has 0 bridgehead atoms. The van der Waals surface area contributed by atoms with E-state index >= 15 is 0 Å². The van der Waals surface area contributed by atoms with Crippen LogP contribution in [0.5, 0.6) is 0 Å². The predicted molar refractivity (Wildman–Crippen MR) is 93.8 cm³/mol. The molecule has 0 unspecified atom stereocenters. The Labute approximate surface area is 148 Å². The van der Waals surface area contributed by atoms with Crippen LogP contribution in [0.4, 0.5) is 17.1 Å². The van der Waals surface area contributed by atoms with Gasteiger partial charge in [-0.25, -0.2) is 4.90 Å². The Balaban J connectivity index is 1.84. The van der Waals surface area contributed by atoms with E-state index in [4.69, 9.17) is 11.6 Å². The number of hydrogen-bond acceptors (Lipinski definition) is 5. The third kappa shape index (κ3) is 3.32. The van der Waals surface area contributed by atoms with Crippen LogP contribution < -0.4 is 10.2 Å². The molecule has 7 nitrogen and oxygen atoms in total. The smallest absolute Gasteiger partial charge is 0.271 e. The third-order valence-electron chi connectivity index (χ3n) is 3.99. The third-order valence-corrected chi connectivity index (χ3v) is 4.25. The average Bonchev–Trinajstić information content (AvgIpc) is 2.84. The standard InChI is InChI=1S/C17H14ClN3O4/c1-10-2-5-13(21(24)25)8-14(10)19-15-9-16(22)20(17(15)23)12-6-3-11(18)4-7-12/h2-8,15,19H,9H2,1H3/t15-/m0/s1. The molecular formula is C17H14ClN3O4. The van der Waals surface area contributed by atoms with Crippen molar-refractivity contribution in [2.24, 2.45) is 0 Å². The van der Waals surface area contributed by atoms with E-state index in [-0.39, 0.29) is 18.0 Å². The van der Waals surface area contributed by atoms with Gasteiger partial charge in [-0.2, -0.15) is 0 Å². The second-order valence-corrected chi connectivity index (χ2v) is 6.14. The van der Waals surface area contributed by atoms with Crippen molar-refractivity contribution in [1.82, 2.24) is 0 Å². The van der Waals surface area contributed by atoms with Crippen molar-refractivity contribution in [1.29, 1.82) is 0 Å². The van der Waals surface area contributed by atoms with Crippen molar-refractivity contribution in [2.75, 3.05) is 10.2 Å². The second kappa shape index (κ2) is 6.52. The number of imide groups is 1. The SMILES string of the molecule is Cc1ccc([N+](=O)[O-])cc1N[C@H]1CC(=O)N(c2ccc(Cl)cc2)C1=O. The monoisotopic (exact) mass is 359 g/mol. The lowest BCUT2D eigenvalue weighted by atomic mass is 10.1. The van der Waals surface area contributed by atoms with Crippen molar-refractivity contribution in [2.45, 2.75) is 19.4 Å². The first-order valence-electron chi connectivity index (χ1n) is 7.51. The molecule has 3 rings (SSSR count). The van der Waals surface area contributed by atoms with Gasteiger partial charge in [0.2, 0.25) is 5.91 Å². The maximum Gasteiger partial charge on any atom is 0.271 e. The highest BCUT2D eigenvalue weighted by atomic mass is 35.5. The van der Waals surface area contributed by atoms with E-state index in [0.29, 0.717) is 16.4 Å². The number of aryl methyl sites for hydroxylation is 1. The summed E-state index contributed by atoms with van der Waals surface area (Å²) in [7, 11) is 0. The largest absolute Gasteiger partial charge is 0.373 e. The van der Waals surface area contributed by atoms with Gasteiger partial charge in [0.1, 0.15) is 6.04 Å². The van der Waals surface area contributed by atoms with E-state index < -0.39 is 16.9 Å². The van der Waals surface area contributed by atoms with Crippen LogP contribution in [0, 0.1) is 17.0 Å². The Morgan fingerprint density at radius 2 is 1.88 bits per heavy atom.